The summed E-state index contributed by atoms with van der Waals surface area (Å²) in [5.41, 5.74) is 6.01. The highest BCUT2D eigenvalue weighted by Gasteiger charge is 2.45. The maximum absolute atomic E-state index is 13.9. The highest BCUT2D eigenvalue weighted by molar-refractivity contribution is 6.06. The summed E-state index contributed by atoms with van der Waals surface area (Å²) in [6, 6.07) is 19.0. The van der Waals surface area contributed by atoms with Gasteiger partial charge in [-0.2, -0.15) is 0 Å². The Kier molecular flexibility index (Phi) is 8.45. The lowest BCUT2D eigenvalue weighted by molar-refractivity contribution is -0.131. The number of aromatic nitrogens is 1. The van der Waals surface area contributed by atoms with Crippen LogP contribution in [0.5, 0.6) is 11.5 Å². The summed E-state index contributed by atoms with van der Waals surface area (Å²) >= 11 is 0. The minimum Gasteiger partial charge on any atom is -0.497 e. The maximum atomic E-state index is 13.9. The van der Waals surface area contributed by atoms with Gasteiger partial charge in [0.2, 0.25) is 5.91 Å². The second-order valence-corrected chi connectivity index (χ2v) is 13.3. The summed E-state index contributed by atoms with van der Waals surface area (Å²) < 4.78 is 14.1. The van der Waals surface area contributed by atoms with Crippen molar-refractivity contribution in [1.29, 1.82) is 0 Å². The zero-order chi connectivity index (χ0) is 33.4. The van der Waals surface area contributed by atoms with Gasteiger partial charge < -0.3 is 29.8 Å². The van der Waals surface area contributed by atoms with E-state index in [0.29, 0.717) is 48.7 Å². The number of carbonyl (C=O) groups excluding carboxylic acids is 2. The average molecular weight is 648 g/mol. The molecular formula is C39H41N3O6. The quantitative estimate of drug-likeness (QED) is 0.170. The summed E-state index contributed by atoms with van der Waals surface area (Å²) in [5, 5.41) is 16.3. The lowest BCUT2D eigenvalue weighted by Crippen LogP contribution is -2.61. The van der Waals surface area contributed by atoms with Gasteiger partial charge in [-0.25, -0.2) is 4.79 Å². The number of carboxylic acids is 1. The molecule has 2 amide bonds. The van der Waals surface area contributed by atoms with Crippen molar-refractivity contribution in [2.45, 2.75) is 76.3 Å². The number of nitrogens with zero attached hydrogens (tertiary/aromatic N) is 1. The monoisotopic (exact) mass is 647 g/mol. The SMILES string of the molecule is COc1ccc2c(c1)OCCn1c-2c(C2CCCCC2)c2ccc(C(=O)NC3(C(=O)Nc4ccc(C(C)=CC(=O)O)cc4)CCC3)cc21. The number of anilines is 1. The summed E-state index contributed by atoms with van der Waals surface area (Å²) in [5.74, 6) is 0.452. The number of rotatable bonds is 8. The number of aliphatic carboxylic acids is 1. The first-order valence-corrected chi connectivity index (χ1v) is 16.9. The Balaban J connectivity index is 1.18. The van der Waals surface area contributed by atoms with E-state index < -0.39 is 11.5 Å². The highest BCUT2D eigenvalue weighted by Crippen LogP contribution is 2.48. The van der Waals surface area contributed by atoms with Crippen LogP contribution in [0.15, 0.2) is 66.7 Å². The van der Waals surface area contributed by atoms with Crippen molar-refractivity contribution in [3.63, 3.8) is 0 Å². The summed E-state index contributed by atoms with van der Waals surface area (Å²) in [6.07, 6.45) is 9.04. The first-order valence-electron chi connectivity index (χ1n) is 16.9. The van der Waals surface area contributed by atoms with E-state index in [4.69, 9.17) is 14.6 Å². The first kappa shape index (κ1) is 31.5. The standard InChI is InChI=1S/C39H41N3O6/c1-24(21-34(43)44)25-9-12-28(13-10-25)40-38(46)39(17-6-18-39)41-37(45)27-11-15-30-32(22-27)42-19-20-48-33-23-29(47-2)14-16-31(33)36(42)35(30)26-7-4-3-5-8-26/h9-16,21-23,26H,3-8,17-20H2,1-2H3,(H,40,46)(H,41,45)(H,43,44). The van der Waals surface area contributed by atoms with E-state index in [1.165, 1.54) is 35.9 Å². The Labute approximate surface area is 279 Å². The van der Waals surface area contributed by atoms with Crippen LogP contribution in [0.2, 0.25) is 0 Å². The number of fused-ring (bicyclic) bond motifs is 5. The molecule has 1 aliphatic heterocycles. The van der Waals surface area contributed by atoms with E-state index in [-0.39, 0.29) is 11.8 Å². The molecule has 48 heavy (non-hydrogen) atoms. The Morgan fingerprint density at radius 3 is 2.40 bits per heavy atom. The molecule has 1 aromatic heterocycles. The van der Waals surface area contributed by atoms with E-state index in [2.05, 4.69) is 27.3 Å². The van der Waals surface area contributed by atoms with E-state index in [9.17, 15) is 14.4 Å². The molecular weight excluding hydrogens is 606 g/mol. The molecule has 0 atom stereocenters. The van der Waals surface area contributed by atoms with Gasteiger partial charge in [-0.3, -0.25) is 9.59 Å². The van der Waals surface area contributed by atoms with Crippen LogP contribution >= 0.6 is 0 Å². The second kappa shape index (κ2) is 12.9. The Morgan fingerprint density at radius 1 is 0.958 bits per heavy atom. The van der Waals surface area contributed by atoms with Crippen molar-refractivity contribution in [2.75, 3.05) is 19.0 Å². The van der Waals surface area contributed by atoms with Gasteiger partial charge in [-0.1, -0.05) is 37.5 Å². The van der Waals surface area contributed by atoms with Crippen molar-refractivity contribution in [3.8, 4) is 22.8 Å². The zero-order valence-corrected chi connectivity index (χ0v) is 27.4. The number of hydrogen-bond acceptors (Lipinski definition) is 5. The number of nitrogens with one attached hydrogen (secondary N) is 2. The van der Waals surface area contributed by atoms with E-state index in [1.54, 1.807) is 38.3 Å². The third-order valence-corrected chi connectivity index (χ3v) is 10.3. The van der Waals surface area contributed by atoms with Gasteiger partial charge in [0.1, 0.15) is 23.6 Å². The number of allylic oxidation sites excluding steroid dienone is 1. The maximum Gasteiger partial charge on any atom is 0.328 e. The largest absolute Gasteiger partial charge is 0.497 e. The first-order chi connectivity index (χ1) is 23.3. The van der Waals surface area contributed by atoms with Crippen molar-refractivity contribution in [2.24, 2.45) is 0 Å². The van der Waals surface area contributed by atoms with E-state index in [0.717, 1.165) is 53.5 Å². The molecule has 3 N–H and O–H groups in total. The van der Waals surface area contributed by atoms with E-state index in [1.807, 2.05) is 24.3 Å². The lowest BCUT2D eigenvalue weighted by Gasteiger charge is -2.40. The fraction of sp³-hybridized carbons (Fsp3) is 0.359. The van der Waals surface area contributed by atoms with Gasteiger partial charge in [0.15, 0.2) is 0 Å². The number of benzene rings is 3. The van der Waals surface area contributed by atoms with Crippen LogP contribution in [0.4, 0.5) is 5.69 Å². The fourth-order valence-corrected chi connectivity index (χ4v) is 7.60. The molecule has 0 saturated heterocycles. The summed E-state index contributed by atoms with van der Waals surface area (Å²) in [4.78, 5) is 38.5. The number of ether oxygens (including phenoxy) is 2. The van der Waals surface area contributed by atoms with Crippen molar-refractivity contribution >= 4 is 39.9 Å². The normalized spacial score (nSPS) is 17.2. The third kappa shape index (κ3) is 5.82. The minimum absolute atomic E-state index is 0.256. The highest BCUT2D eigenvalue weighted by atomic mass is 16.5. The molecule has 9 nitrogen and oxygen atoms in total. The molecule has 4 aromatic rings. The molecule has 0 unspecified atom stereocenters. The van der Waals surface area contributed by atoms with Gasteiger partial charge in [0.25, 0.3) is 5.91 Å². The number of carbonyl (C=O) groups is 3. The molecule has 3 aromatic carbocycles. The van der Waals surface area contributed by atoms with Gasteiger partial charge >= 0.3 is 5.97 Å². The lowest BCUT2D eigenvalue weighted by atomic mass is 9.75. The summed E-state index contributed by atoms with van der Waals surface area (Å²) in [7, 11) is 1.66. The van der Waals surface area contributed by atoms with E-state index >= 15 is 0 Å². The molecule has 2 saturated carbocycles. The fourth-order valence-electron chi connectivity index (χ4n) is 7.60. The Bertz CT molecular complexity index is 1930. The molecule has 0 bridgehead atoms. The molecule has 0 radical (unpaired) electrons. The average Bonchev–Trinajstić information content (AvgIpc) is 3.27. The predicted octanol–water partition coefficient (Wildman–Crippen LogP) is 7.54. The molecule has 3 aliphatic rings. The van der Waals surface area contributed by atoms with Crippen LogP contribution < -0.4 is 20.1 Å². The van der Waals surface area contributed by atoms with Gasteiger partial charge in [-0.05, 0) is 98.0 Å². The third-order valence-electron chi connectivity index (χ3n) is 10.3. The Morgan fingerprint density at radius 2 is 1.71 bits per heavy atom. The number of hydrogen-bond donors (Lipinski definition) is 3. The second-order valence-electron chi connectivity index (χ2n) is 13.3. The van der Waals surface area contributed by atoms with Crippen molar-refractivity contribution in [3.05, 3.63) is 83.4 Å². The van der Waals surface area contributed by atoms with Crippen LogP contribution in [-0.2, 0) is 16.1 Å². The number of carboxylic acid groups (broad SMARTS) is 1. The van der Waals surface area contributed by atoms with Crippen LogP contribution in [0.1, 0.15) is 85.7 Å². The van der Waals surface area contributed by atoms with Gasteiger partial charge in [0, 0.05) is 39.9 Å². The Hall–Kier alpha value is -5.05. The van der Waals surface area contributed by atoms with Crippen LogP contribution in [0, 0.1) is 0 Å². The number of amides is 2. The molecule has 248 valence electrons. The molecule has 2 aliphatic carbocycles. The van der Waals surface area contributed by atoms with Crippen LogP contribution in [0.25, 0.3) is 27.7 Å². The van der Waals surface area contributed by atoms with Crippen LogP contribution in [-0.4, -0.2) is 46.7 Å². The predicted molar refractivity (Wildman–Crippen MR) is 186 cm³/mol. The topological polar surface area (TPSA) is 119 Å². The van der Waals surface area contributed by atoms with Crippen molar-refractivity contribution in [1.82, 2.24) is 9.88 Å². The molecule has 0 spiro atoms. The van der Waals surface area contributed by atoms with Gasteiger partial charge in [-0.15, -0.1) is 0 Å². The molecule has 2 fully saturated rings. The summed E-state index contributed by atoms with van der Waals surface area (Å²) in [6.45, 7) is 2.87. The van der Waals surface area contributed by atoms with Crippen molar-refractivity contribution < 1.29 is 29.0 Å². The molecule has 7 rings (SSSR count). The minimum atomic E-state index is -1.01. The number of methoxy groups -OCH3 is 1. The molecule has 9 heteroatoms. The molecule has 2 heterocycles. The zero-order valence-electron chi connectivity index (χ0n) is 27.4. The van der Waals surface area contributed by atoms with Crippen LogP contribution in [0.3, 0.4) is 0 Å². The van der Waals surface area contributed by atoms with Gasteiger partial charge in [0.05, 0.1) is 19.3 Å². The smallest absolute Gasteiger partial charge is 0.328 e.